The summed E-state index contributed by atoms with van der Waals surface area (Å²) in [5.74, 6) is 0.336. The first kappa shape index (κ1) is 20.6. The van der Waals surface area contributed by atoms with Gasteiger partial charge in [-0.15, -0.1) is 11.3 Å². The third kappa shape index (κ3) is 4.90. The number of sulfone groups is 1. The monoisotopic (exact) mass is 432 g/mol. The SMILES string of the molecule is O=C(CNC(c1ccccc1)c1cccs1)N(C1CCCC1)C1CCS(=O)(=O)C1. The second-order valence-electron chi connectivity index (χ2n) is 8.04. The van der Waals surface area contributed by atoms with Crippen LogP contribution in [0.2, 0.25) is 0 Å². The van der Waals surface area contributed by atoms with Crippen LogP contribution in [0.4, 0.5) is 0 Å². The van der Waals surface area contributed by atoms with Crippen LogP contribution in [0.5, 0.6) is 0 Å². The highest BCUT2D eigenvalue weighted by Gasteiger charge is 2.39. The van der Waals surface area contributed by atoms with Gasteiger partial charge in [-0.1, -0.05) is 49.2 Å². The highest BCUT2D eigenvalue weighted by atomic mass is 32.2. The lowest BCUT2D eigenvalue weighted by Gasteiger charge is -2.34. The van der Waals surface area contributed by atoms with E-state index in [0.717, 1.165) is 31.2 Å². The summed E-state index contributed by atoms with van der Waals surface area (Å²) in [5, 5.41) is 5.50. The molecule has 0 spiro atoms. The molecule has 1 aliphatic heterocycles. The Labute approximate surface area is 177 Å². The van der Waals surface area contributed by atoms with E-state index in [-0.39, 0.29) is 42.1 Å². The molecule has 1 amide bonds. The molecule has 7 heteroatoms. The number of nitrogens with zero attached hydrogens (tertiary/aromatic N) is 1. The first-order valence-corrected chi connectivity index (χ1v) is 13.1. The van der Waals surface area contributed by atoms with Crippen LogP contribution >= 0.6 is 11.3 Å². The number of benzene rings is 1. The summed E-state index contributed by atoms with van der Waals surface area (Å²) in [6.45, 7) is 0.213. The molecule has 1 aromatic carbocycles. The molecule has 2 atom stereocenters. The maximum absolute atomic E-state index is 13.3. The minimum atomic E-state index is -3.03. The molecule has 1 saturated heterocycles. The fraction of sp³-hybridized carbons (Fsp3) is 0.500. The fourth-order valence-corrected chi connectivity index (χ4v) is 7.19. The van der Waals surface area contributed by atoms with Gasteiger partial charge < -0.3 is 4.90 Å². The zero-order chi connectivity index (χ0) is 20.3. The van der Waals surface area contributed by atoms with Crippen LogP contribution in [0.3, 0.4) is 0 Å². The third-order valence-corrected chi connectivity index (χ3v) is 8.71. The van der Waals surface area contributed by atoms with Gasteiger partial charge in [-0.25, -0.2) is 8.42 Å². The van der Waals surface area contributed by atoms with Crippen molar-refractivity contribution in [1.29, 1.82) is 0 Å². The van der Waals surface area contributed by atoms with Gasteiger partial charge in [-0.3, -0.25) is 10.1 Å². The van der Waals surface area contributed by atoms with Crippen molar-refractivity contribution in [3.05, 3.63) is 58.3 Å². The zero-order valence-electron chi connectivity index (χ0n) is 16.5. The molecule has 1 saturated carbocycles. The number of hydrogen-bond donors (Lipinski definition) is 1. The second-order valence-corrected chi connectivity index (χ2v) is 11.2. The molecule has 2 fully saturated rings. The highest BCUT2D eigenvalue weighted by molar-refractivity contribution is 7.91. The summed E-state index contributed by atoms with van der Waals surface area (Å²) in [5.41, 5.74) is 1.12. The quantitative estimate of drug-likeness (QED) is 0.728. The summed E-state index contributed by atoms with van der Waals surface area (Å²) < 4.78 is 24.1. The lowest BCUT2D eigenvalue weighted by Crippen LogP contribution is -2.50. The third-order valence-electron chi connectivity index (χ3n) is 6.03. The molecule has 0 radical (unpaired) electrons. The van der Waals surface area contributed by atoms with Gasteiger partial charge in [0.2, 0.25) is 5.91 Å². The molecule has 0 bridgehead atoms. The molecule has 2 heterocycles. The Balaban J connectivity index is 1.50. The van der Waals surface area contributed by atoms with E-state index in [1.165, 1.54) is 4.88 Å². The molecular formula is C22H28N2O3S2. The van der Waals surface area contributed by atoms with Crippen LogP contribution < -0.4 is 5.32 Å². The lowest BCUT2D eigenvalue weighted by atomic mass is 10.1. The Morgan fingerprint density at radius 3 is 2.45 bits per heavy atom. The van der Waals surface area contributed by atoms with Crippen LogP contribution in [0.1, 0.15) is 48.6 Å². The van der Waals surface area contributed by atoms with Gasteiger partial charge >= 0.3 is 0 Å². The van der Waals surface area contributed by atoms with E-state index < -0.39 is 9.84 Å². The van der Waals surface area contributed by atoms with Gasteiger partial charge in [0.15, 0.2) is 9.84 Å². The van der Waals surface area contributed by atoms with E-state index in [2.05, 4.69) is 23.5 Å². The molecule has 2 aromatic rings. The number of rotatable bonds is 7. The van der Waals surface area contributed by atoms with Crippen LogP contribution in [0.15, 0.2) is 47.8 Å². The molecule has 5 nitrogen and oxygen atoms in total. The molecule has 4 rings (SSSR count). The molecule has 1 aliphatic carbocycles. The van der Waals surface area contributed by atoms with Crippen molar-refractivity contribution in [3.63, 3.8) is 0 Å². The fourth-order valence-electron chi connectivity index (χ4n) is 4.65. The Morgan fingerprint density at radius 2 is 1.83 bits per heavy atom. The standard InChI is InChI=1S/C22H28N2O3S2/c25-21(24(18-9-4-5-10-18)19-12-14-29(26,27)16-19)15-23-22(20-11-6-13-28-20)17-7-2-1-3-8-17/h1-3,6-8,11,13,18-19,22-23H,4-5,9-10,12,14-16H2. The van der Waals surface area contributed by atoms with Gasteiger partial charge in [-0.05, 0) is 36.3 Å². The summed E-state index contributed by atoms with van der Waals surface area (Å²) in [7, 11) is -3.03. The largest absolute Gasteiger partial charge is 0.335 e. The van der Waals surface area contributed by atoms with Gasteiger partial charge in [0.05, 0.1) is 24.1 Å². The van der Waals surface area contributed by atoms with Crippen LogP contribution in [0, 0.1) is 0 Å². The van der Waals surface area contributed by atoms with Crippen LogP contribution in [0.25, 0.3) is 0 Å². The molecule has 2 aliphatic rings. The number of hydrogen-bond acceptors (Lipinski definition) is 5. The molecule has 29 heavy (non-hydrogen) atoms. The number of amides is 1. The van der Waals surface area contributed by atoms with E-state index >= 15 is 0 Å². The van der Waals surface area contributed by atoms with E-state index in [4.69, 9.17) is 0 Å². The molecule has 2 unspecified atom stereocenters. The van der Waals surface area contributed by atoms with E-state index in [1.807, 2.05) is 34.5 Å². The van der Waals surface area contributed by atoms with Crippen molar-refractivity contribution >= 4 is 27.1 Å². The van der Waals surface area contributed by atoms with Gasteiger partial charge in [-0.2, -0.15) is 0 Å². The smallest absolute Gasteiger partial charge is 0.237 e. The number of carbonyl (C=O) groups is 1. The highest BCUT2D eigenvalue weighted by Crippen LogP contribution is 2.30. The van der Waals surface area contributed by atoms with Crippen molar-refractivity contribution in [1.82, 2.24) is 10.2 Å². The van der Waals surface area contributed by atoms with Crippen LogP contribution in [-0.2, 0) is 14.6 Å². The zero-order valence-corrected chi connectivity index (χ0v) is 18.1. The minimum Gasteiger partial charge on any atom is -0.335 e. The van der Waals surface area contributed by atoms with Gasteiger partial charge in [0.1, 0.15) is 0 Å². The average molecular weight is 433 g/mol. The Bertz CT molecular complexity index is 907. The maximum Gasteiger partial charge on any atom is 0.237 e. The number of carbonyl (C=O) groups excluding carboxylic acids is 1. The predicted molar refractivity (Wildman–Crippen MR) is 117 cm³/mol. The number of nitrogens with one attached hydrogen (secondary N) is 1. The Kier molecular flexibility index (Phi) is 6.37. The summed E-state index contributed by atoms with van der Waals surface area (Å²) in [6.07, 6.45) is 4.76. The minimum absolute atomic E-state index is 0.0245. The second kappa shape index (κ2) is 8.98. The van der Waals surface area contributed by atoms with Gasteiger partial charge in [0, 0.05) is 17.0 Å². The van der Waals surface area contributed by atoms with Crippen molar-refractivity contribution in [3.8, 4) is 0 Å². The van der Waals surface area contributed by atoms with Crippen molar-refractivity contribution in [2.24, 2.45) is 0 Å². The maximum atomic E-state index is 13.3. The lowest BCUT2D eigenvalue weighted by molar-refractivity contribution is -0.134. The molecule has 1 N–H and O–H groups in total. The molecular weight excluding hydrogens is 404 g/mol. The summed E-state index contributed by atoms with van der Waals surface area (Å²) in [4.78, 5) is 16.4. The summed E-state index contributed by atoms with van der Waals surface area (Å²) in [6, 6.07) is 14.2. The average Bonchev–Trinajstić information content (AvgIpc) is 3.46. The topological polar surface area (TPSA) is 66.5 Å². The molecule has 156 valence electrons. The Morgan fingerprint density at radius 1 is 1.07 bits per heavy atom. The first-order valence-electron chi connectivity index (χ1n) is 10.4. The normalized spacial score (nSPS) is 22.6. The Hall–Kier alpha value is -1.70. The van der Waals surface area contributed by atoms with Gasteiger partial charge in [0.25, 0.3) is 0 Å². The predicted octanol–water partition coefficient (Wildman–Crippen LogP) is 3.39. The van der Waals surface area contributed by atoms with Crippen LogP contribution in [-0.4, -0.2) is 49.4 Å². The van der Waals surface area contributed by atoms with E-state index in [0.29, 0.717) is 6.42 Å². The van der Waals surface area contributed by atoms with Crippen molar-refractivity contribution < 1.29 is 13.2 Å². The summed E-state index contributed by atoms with van der Waals surface area (Å²) >= 11 is 1.67. The first-order chi connectivity index (χ1) is 14.0. The molecule has 1 aromatic heterocycles. The van der Waals surface area contributed by atoms with E-state index in [1.54, 1.807) is 11.3 Å². The van der Waals surface area contributed by atoms with Crippen molar-refractivity contribution in [2.75, 3.05) is 18.1 Å². The van der Waals surface area contributed by atoms with Crippen molar-refractivity contribution in [2.45, 2.75) is 50.2 Å². The van der Waals surface area contributed by atoms with E-state index in [9.17, 15) is 13.2 Å². The number of thiophene rings is 1.